The van der Waals surface area contributed by atoms with Crippen LogP contribution in [0.5, 0.6) is 0 Å². The number of rotatable bonds is 12. The fourth-order valence-electron chi connectivity index (χ4n) is 2.25. The van der Waals surface area contributed by atoms with Crippen LogP contribution in [0.25, 0.3) is 0 Å². The maximum atomic E-state index is 11.7. The molecule has 0 N–H and O–H groups in total. The Morgan fingerprint density at radius 2 is 1.09 bits per heavy atom. The van der Waals surface area contributed by atoms with Gasteiger partial charge in [0.2, 0.25) is 0 Å². The predicted molar refractivity (Wildman–Crippen MR) is 88.5 cm³/mol. The van der Waals surface area contributed by atoms with Gasteiger partial charge >= 0.3 is 11.9 Å². The van der Waals surface area contributed by atoms with E-state index in [9.17, 15) is 9.59 Å². The smallest absolute Gasteiger partial charge is 0.308 e. The van der Waals surface area contributed by atoms with E-state index in [4.69, 9.17) is 9.47 Å². The minimum Gasteiger partial charge on any atom is -0.465 e. The zero-order valence-electron chi connectivity index (χ0n) is 15.0. The first-order chi connectivity index (χ1) is 10.4. The number of carbonyl (C=O) groups is 2. The molecule has 0 aromatic carbocycles. The number of esters is 2. The molecule has 0 saturated carbocycles. The van der Waals surface area contributed by atoms with Crippen LogP contribution in [0.4, 0.5) is 0 Å². The van der Waals surface area contributed by atoms with Gasteiger partial charge in [0.15, 0.2) is 0 Å². The summed E-state index contributed by atoms with van der Waals surface area (Å²) >= 11 is 0. The Morgan fingerprint density at radius 1 is 0.727 bits per heavy atom. The molecule has 0 aliphatic heterocycles. The Kier molecular flexibility index (Phi) is 11.9. The third kappa shape index (κ3) is 9.80. The molecule has 0 spiro atoms. The summed E-state index contributed by atoms with van der Waals surface area (Å²) in [5.41, 5.74) is 0. The average molecular weight is 314 g/mol. The minimum absolute atomic E-state index is 0.0127. The standard InChI is InChI=1S/C18H34O4/c1-6-8-15(4)17(19)21-12-10-14(3)11-13-22-18(20)16(5)9-7-2/h14-16H,6-13H2,1-5H3. The number of ether oxygens (including phenoxy) is 2. The second kappa shape index (κ2) is 12.5. The summed E-state index contributed by atoms with van der Waals surface area (Å²) in [7, 11) is 0. The Labute approximate surface area is 135 Å². The van der Waals surface area contributed by atoms with Gasteiger partial charge in [-0.1, -0.05) is 47.5 Å². The van der Waals surface area contributed by atoms with E-state index in [2.05, 4.69) is 20.8 Å². The van der Waals surface area contributed by atoms with E-state index in [0.29, 0.717) is 19.1 Å². The van der Waals surface area contributed by atoms with Gasteiger partial charge in [0.05, 0.1) is 25.0 Å². The van der Waals surface area contributed by atoms with Crippen molar-refractivity contribution in [3.63, 3.8) is 0 Å². The summed E-state index contributed by atoms with van der Waals surface area (Å²) in [6, 6.07) is 0. The van der Waals surface area contributed by atoms with Gasteiger partial charge < -0.3 is 9.47 Å². The van der Waals surface area contributed by atoms with Gasteiger partial charge in [-0.2, -0.15) is 0 Å². The highest BCUT2D eigenvalue weighted by Gasteiger charge is 2.15. The van der Waals surface area contributed by atoms with Crippen LogP contribution in [0.2, 0.25) is 0 Å². The fourth-order valence-corrected chi connectivity index (χ4v) is 2.25. The monoisotopic (exact) mass is 314 g/mol. The molecular formula is C18H34O4. The summed E-state index contributed by atoms with van der Waals surface area (Å²) in [6.45, 7) is 10.9. The maximum absolute atomic E-state index is 11.7. The summed E-state index contributed by atoms with van der Waals surface area (Å²) in [5, 5.41) is 0. The molecule has 0 radical (unpaired) electrons. The lowest BCUT2D eigenvalue weighted by molar-refractivity contribution is -0.148. The number of hydrogen-bond acceptors (Lipinski definition) is 4. The molecule has 0 rings (SSSR count). The van der Waals surface area contributed by atoms with Crippen molar-refractivity contribution in [2.45, 2.75) is 73.1 Å². The molecule has 130 valence electrons. The minimum atomic E-state index is -0.103. The molecule has 0 fully saturated rings. The third-order valence-electron chi connectivity index (χ3n) is 3.96. The van der Waals surface area contributed by atoms with Crippen LogP contribution in [-0.4, -0.2) is 25.2 Å². The van der Waals surface area contributed by atoms with Gasteiger partial charge in [0.25, 0.3) is 0 Å². The molecule has 0 heterocycles. The van der Waals surface area contributed by atoms with Crippen molar-refractivity contribution in [2.24, 2.45) is 17.8 Å². The molecule has 0 bridgehead atoms. The van der Waals surface area contributed by atoms with Gasteiger partial charge in [-0.05, 0) is 31.6 Å². The quantitative estimate of drug-likeness (QED) is 0.502. The molecule has 22 heavy (non-hydrogen) atoms. The van der Waals surface area contributed by atoms with E-state index in [1.54, 1.807) is 0 Å². The van der Waals surface area contributed by atoms with Crippen molar-refractivity contribution in [1.29, 1.82) is 0 Å². The van der Waals surface area contributed by atoms with Crippen LogP contribution < -0.4 is 0 Å². The topological polar surface area (TPSA) is 52.6 Å². The summed E-state index contributed by atoms with van der Waals surface area (Å²) in [4.78, 5) is 23.3. The first kappa shape index (κ1) is 20.9. The average Bonchev–Trinajstić information content (AvgIpc) is 2.47. The van der Waals surface area contributed by atoms with E-state index in [-0.39, 0.29) is 23.8 Å². The highest BCUT2D eigenvalue weighted by Crippen LogP contribution is 2.12. The van der Waals surface area contributed by atoms with Crippen LogP contribution in [0.1, 0.15) is 73.1 Å². The van der Waals surface area contributed by atoms with E-state index in [1.807, 2.05) is 13.8 Å². The molecule has 4 nitrogen and oxygen atoms in total. The van der Waals surface area contributed by atoms with E-state index in [0.717, 1.165) is 38.5 Å². The van der Waals surface area contributed by atoms with Crippen molar-refractivity contribution in [3.05, 3.63) is 0 Å². The van der Waals surface area contributed by atoms with Gasteiger partial charge in [-0.3, -0.25) is 9.59 Å². The Balaban J connectivity index is 3.72. The van der Waals surface area contributed by atoms with Crippen molar-refractivity contribution in [1.82, 2.24) is 0 Å². The lowest BCUT2D eigenvalue weighted by atomic mass is 10.0. The Hall–Kier alpha value is -1.06. The van der Waals surface area contributed by atoms with Crippen LogP contribution in [0.15, 0.2) is 0 Å². The fraction of sp³-hybridized carbons (Fsp3) is 0.889. The maximum Gasteiger partial charge on any atom is 0.308 e. The highest BCUT2D eigenvalue weighted by atomic mass is 16.5. The normalized spacial score (nSPS) is 15.0. The Morgan fingerprint density at radius 3 is 1.41 bits per heavy atom. The van der Waals surface area contributed by atoms with Gasteiger partial charge in [0, 0.05) is 0 Å². The van der Waals surface area contributed by atoms with Crippen molar-refractivity contribution in [2.75, 3.05) is 13.2 Å². The zero-order chi connectivity index (χ0) is 17.0. The molecule has 0 aromatic heterocycles. The molecule has 2 atom stereocenters. The van der Waals surface area contributed by atoms with Gasteiger partial charge in [0.1, 0.15) is 0 Å². The predicted octanol–water partition coefficient (Wildman–Crippen LogP) is 4.36. The SMILES string of the molecule is CCCC(C)C(=O)OCCC(C)CCOC(=O)C(C)CCC. The second-order valence-corrected chi connectivity index (χ2v) is 6.40. The van der Waals surface area contributed by atoms with E-state index >= 15 is 0 Å². The molecular weight excluding hydrogens is 280 g/mol. The van der Waals surface area contributed by atoms with E-state index < -0.39 is 0 Å². The molecule has 0 aliphatic carbocycles. The second-order valence-electron chi connectivity index (χ2n) is 6.40. The Bertz CT molecular complexity index is 284. The van der Waals surface area contributed by atoms with Crippen molar-refractivity contribution in [3.8, 4) is 0 Å². The molecule has 0 aromatic rings. The van der Waals surface area contributed by atoms with Crippen LogP contribution in [-0.2, 0) is 19.1 Å². The molecule has 2 unspecified atom stereocenters. The highest BCUT2D eigenvalue weighted by molar-refractivity contribution is 5.72. The lowest BCUT2D eigenvalue weighted by Gasteiger charge is -2.15. The summed E-state index contributed by atoms with van der Waals surface area (Å²) in [5.74, 6) is 0.147. The summed E-state index contributed by atoms with van der Waals surface area (Å²) < 4.78 is 10.6. The van der Waals surface area contributed by atoms with Crippen LogP contribution in [0.3, 0.4) is 0 Å². The van der Waals surface area contributed by atoms with Gasteiger partial charge in [-0.25, -0.2) is 0 Å². The van der Waals surface area contributed by atoms with E-state index in [1.165, 1.54) is 0 Å². The van der Waals surface area contributed by atoms with Crippen molar-refractivity contribution >= 4 is 11.9 Å². The molecule has 0 aliphatic rings. The van der Waals surface area contributed by atoms with Crippen LogP contribution in [0, 0.1) is 17.8 Å². The lowest BCUT2D eigenvalue weighted by Crippen LogP contribution is -2.18. The molecule has 0 amide bonds. The largest absolute Gasteiger partial charge is 0.465 e. The van der Waals surface area contributed by atoms with Crippen LogP contribution >= 0.6 is 0 Å². The third-order valence-corrected chi connectivity index (χ3v) is 3.96. The van der Waals surface area contributed by atoms with Gasteiger partial charge in [-0.15, -0.1) is 0 Å². The molecule has 0 saturated heterocycles. The number of hydrogen-bond donors (Lipinski definition) is 0. The van der Waals surface area contributed by atoms with Crippen molar-refractivity contribution < 1.29 is 19.1 Å². The molecule has 4 heteroatoms. The number of carbonyl (C=O) groups excluding carboxylic acids is 2. The first-order valence-electron chi connectivity index (χ1n) is 8.75. The first-order valence-corrected chi connectivity index (χ1v) is 8.75. The zero-order valence-corrected chi connectivity index (χ0v) is 15.0. The summed E-state index contributed by atoms with van der Waals surface area (Å²) in [6.07, 6.45) is 5.36.